The average molecular weight is 573 g/mol. The van der Waals surface area contributed by atoms with Crippen molar-refractivity contribution in [3.8, 4) is 11.4 Å². The van der Waals surface area contributed by atoms with Crippen LogP contribution < -0.4 is 5.32 Å². The lowest BCUT2D eigenvalue weighted by Crippen LogP contribution is -2.16. The molecule has 0 aliphatic carbocycles. The number of hydrogen-bond donors (Lipinski definition) is 1. The lowest BCUT2D eigenvalue weighted by molar-refractivity contribution is 0.102. The van der Waals surface area contributed by atoms with Gasteiger partial charge in [-0.2, -0.15) is 10.2 Å². The summed E-state index contributed by atoms with van der Waals surface area (Å²) in [5.74, 6) is 0.465. The first-order valence-corrected chi connectivity index (χ1v) is 11.8. The number of rotatable bonds is 7. The number of benzene rings is 2. The Balaban J connectivity index is 1.24. The minimum Gasteiger partial charge on any atom is -0.303 e. The maximum Gasteiger partial charge on any atom is 0.277 e. The van der Waals surface area contributed by atoms with Gasteiger partial charge in [-0.1, -0.05) is 59.6 Å². The van der Waals surface area contributed by atoms with E-state index in [1.807, 2.05) is 36.4 Å². The van der Waals surface area contributed by atoms with E-state index in [0.29, 0.717) is 32.7 Å². The maximum atomic E-state index is 12.7. The Kier molecular flexibility index (Phi) is 6.62. The van der Waals surface area contributed by atoms with Crippen molar-refractivity contribution in [2.75, 3.05) is 5.32 Å². The maximum absolute atomic E-state index is 12.7. The van der Waals surface area contributed by atoms with Crippen LogP contribution in [-0.2, 0) is 13.2 Å². The fourth-order valence-electron chi connectivity index (χ4n) is 3.26. The lowest BCUT2D eigenvalue weighted by atomic mass is 10.2. The van der Waals surface area contributed by atoms with Crippen LogP contribution in [0.2, 0.25) is 10.0 Å². The van der Waals surface area contributed by atoms with E-state index in [0.717, 1.165) is 11.1 Å². The molecule has 0 aliphatic heterocycles. The molecule has 176 valence electrons. The highest BCUT2D eigenvalue weighted by atomic mass is 79.9. The predicted molar refractivity (Wildman–Crippen MR) is 134 cm³/mol. The van der Waals surface area contributed by atoms with Crippen molar-refractivity contribution in [1.29, 1.82) is 0 Å². The van der Waals surface area contributed by atoms with Crippen molar-refractivity contribution in [2.24, 2.45) is 0 Å². The van der Waals surface area contributed by atoms with Gasteiger partial charge in [0.1, 0.15) is 0 Å². The third-order valence-corrected chi connectivity index (χ3v) is 6.09. The zero-order chi connectivity index (χ0) is 24.4. The molecule has 1 amide bonds. The third kappa shape index (κ3) is 5.42. The largest absolute Gasteiger partial charge is 0.303 e. The summed E-state index contributed by atoms with van der Waals surface area (Å²) < 4.78 is 3.82. The molecule has 0 aliphatic rings. The second-order valence-corrected chi connectivity index (χ2v) is 9.14. The second kappa shape index (κ2) is 9.98. The lowest BCUT2D eigenvalue weighted by Gasteiger charge is -2.05. The number of carbonyl (C=O) groups is 1. The number of nitrogens with one attached hydrogen (secondary N) is 1. The van der Waals surface area contributed by atoms with Gasteiger partial charge in [0.25, 0.3) is 5.91 Å². The molecule has 0 fully saturated rings. The van der Waals surface area contributed by atoms with Gasteiger partial charge in [-0.3, -0.25) is 9.48 Å². The first-order chi connectivity index (χ1) is 16.9. The summed E-state index contributed by atoms with van der Waals surface area (Å²) in [4.78, 5) is 14.1. The summed E-state index contributed by atoms with van der Waals surface area (Å²) in [5, 5.41) is 25.0. The summed E-state index contributed by atoms with van der Waals surface area (Å²) in [6, 6.07) is 16.4. The molecule has 2 aromatic carbocycles. The Morgan fingerprint density at radius 1 is 1.00 bits per heavy atom. The van der Waals surface area contributed by atoms with Crippen LogP contribution in [0.25, 0.3) is 11.4 Å². The number of hydrogen-bond acceptors (Lipinski definition) is 6. The fraction of sp³-hybridized carbons (Fsp3) is 0.0909. The normalized spacial score (nSPS) is 11.1. The summed E-state index contributed by atoms with van der Waals surface area (Å²) >= 11 is 15.6. The molecule has 0 spiro atoms. The molecule has 5 rings (SSSR count). The molecule has 0 saturated carbocycles. The van der Waals surface area contributed by atoms with Gasteiger partial charge in [-0.25, -0.2) is 4.68 Å². The minimum atomic E-state index is -0.407. The Bertz CT molecular complexity index is 1500. The number of carbonyl (C=O) groups excluding carboxylic acids is 1. The van der Waals surface area contributed by atoms with E-state index in [9.17, 15) is 4.79 Å². The summed E-state index contributed by atoms with van der Waals surface area (Å²) in [5.41, 5.74) is 1.93. The van der Waals surface area contributed by atoms with E-state index in [2.05, 4.69) is 46.9 Å². The van der Waals surface area contributed by atoms with Gasteiger partial charge >= 0.3 is 0 Å². The van der Waals surface area contributed by atoms with E-state index in [1.54, 1.807) is 40.0 Å². The van der Waals surface area contributed by atoms with E-state index in [4.69, 9.17) is 23.2 Å². The van der Waals surface area contributed by atoms with Gasteiger partial charge in [0, 0.05) is 28.0 Å². The Morgan fingerprint density at radius 2 is 1.83 bits per heavy atom. The van der Waals surface area contributed by atoms with Crippen LogP contribution in [0, 0.1) is 0 Å². The topological polar surface area (TPSA) is 108 Å². The molecule has 10 nitrogen and oxygen atoms in total. The fourth-order valence-corrected chi connectivity index (χ4v) is 4.14. The molecule has 0 saturated heterocycles. The zero-order valence-corrected chi connectivity index (χ0v) is 21.0. The van der Waals surface area contributed by atoms with Crippen molar-refractivity contribution in [3.63, 3.8) is 0 Å². The molecule has 13 heteroatoms. The molecule has 0 radical (unpaired) electrons. The minimum absolute atomic E-state index is 0.202. The van der Waals surface area contributed by atoms with Crippen molar-refractivity contribution in [3.05, 3.63) is 92.8 Å². The summed E-state index contributed by atoms with van der Waals surface area (Å²) in [6.45, 7) is 0.613. The first kappa shape index (κ1) is 23.2. The van der Waals surface area contributed by atoms with Gasteiger partial charge in [0.05, 0.1) is 11.0 Å². The summed E-state index contributed by atoms with van der Waals surface area (Å²) in [6.07, 6.45) is 3.41. The molecule has 0 bridgehead atoms. The third-order valence-electron chi connectivity index (χ3n) is 4.93. The van der Waals surface area contributed by atoms with Crippen LogP contribution in [0.5, 0.6) is 0 Å². The molecule has 0 unspecified atom stereocenters. The van der Waals surface area contributed by atoms with Crippen molar-refractivity contribution in [1.82, 2.24) is 39.8 Å². The highest BCUT2D eigenvalue weighted by Gasteiger charge is 2.16. The number of tetrazole rings is 1. The molecular weight excluding hydrogens is 557 g/mol. The van der Waals surface area contributed by atoms with E-state index >= 15 is 0 Å². The molecule has 3 aromatic heterocycles. The Hall–Kier alpha value is -3.54. The molecule has 5 aromatic rings. The average Bonchev–Trinajstić information content (AvgIpc) is 3.58. The number of halogens is 3. The van der Waals surface area contributed by atoms with E-state index in [1.165, 1.54) is 4.80 Å². The van der Waals surface area contributed by atoms with Crippen LogP contribution in [-0.4, -0.2) is 45.7 Å². The first-order valence-electron chi connectivity index (χ1n) is 10.3. The van der Waals surface area contributed by atoms with E-state index in [-0.39, 0.29) is 12.4 Å². The summed E-state index contributed by atoms with van der Waals surface area (Å²) in [7, 11) is 0. The van der Waals surface area contributed by atoms with Gasteiger partial charge in [-0.05, 0) is 44.9 Å². The van der Waals surface area contributed by atoms with Crippen molar-refractivity contribution >= 4 is 50.9 Å². The number of nitrogens with zero attached hydrogens (tertiary/aromatic N) is 8. The number of aromatic nitrogens is 8. The SMILES string of the molecule is O=C(Nc1nn(Cc2ccc(Cl)cc2Cl)cc1Br)c1ccn(Cn2nnc(-c3ccccc3)n2)n1. The molecule has 1 N–H and O–H groups in total. The van der Waals surface area contributed by atoms with Crippen LogP contribution in [0.15, 0.2) is 71.5 Å². The van der Waals surface area contributed by atoms with Crippen LogP contribution >= 0.6 is 39.1 Å². The van der Waals surface area contributed by atoms with Crippen LogP contribution in [0.4, 0.5) is 5.82 Å². The molecular formula is C22H16BrCl2N9O. The van der Waals surface area contributed by atoms with Crippen LogP contribution in [0.3, 0.4) is 0 Å². The van der Waals surface area contributed by atoms with Crippen LogP contribution in [0.1, 0.15) is 16.1 Å². The Labute approximate surface area is 217 Å². The quantitative estimate of drug-likeness (QED) is 0.305. The molecule has 3 heterocycles. The van der Waals surface area contributed by atoms with Gasteiger partial charge in [0.15, 0.2) is 18.2 Å². The van der Waals surface area contributed by atoms with Gasteiger partial charge in [0.2, 0.25) is 5.82 Å². The number of anilines is 1. The number of amides is 1. The second-order valence-electron chi connectivity index (χ2n) is 7.45. The predicted octanol–water partition coefficient (Wildman–Crippen LogP) is 4.61. The van der Waals surface area contributed by atoms with Crippen molar-refractivity contribution in [2.45, 2.75) is 13.2 Å². The van der Waals surface area contributed by atoms with Crippen molar-refractivity contribution < 1.29 is 4.79 Å². The highest BCUT2D eigenvalue weighted by molar-refractivity contribution is 9.10. The van der Waals surface area contributed by atoms with E-state index < -0.39 is 5.91 Å². The highest BCUT2D eigenvalue weighted by Crippen LogP contribution is 2.25. The van der Waals surface area contributed by atoms with Gasteiger partial charge in [-0.15, -0.1) is 15.0 Å². The molecule has 0 atom stereocenters. The Morgan fingerprint density at radius 3 is 2.63 bits per heavy atom. The van der Waals surface area contributed by atoms with Gasteiger partial charge < -0.3 is 5.32 Å². The zero-order valence-electron chi connectivity index (χ0n) is 17.9. The monoisotopic (exact) mass is 571 g/mol. The smallest absolute Gasteiger partial charge is 0.277 e. The standard InChI is InChI=1S/C22H16BrCl2N9O/c23-17-12-33(11-15-6-7-16(24)10-18(15)25)29-21(17)26-22(35)19-8-9-32(28-19)13-34-30-20(27-31-34)14-4-2-1-3-5-14/h1-10,12H,11,13H2,(H,26,29,35). The molecule has 35 heavy (non-hydrogen) atoms.